The zero-order valence-corrected chi connectivity index (χ0v) is 6.35. The van der Waals surface area contributed by atoms with E-state index >= 15 is 0 Å². The van der Waals surface area contributed by atoms with Gasteiger partial charge in [-0.1, -0.05) is 24.6 Å². The Labute approximate surface area is 54.1 Å². The lowest BCUT2D eigenvalue weighted by atomic mass is 10.4. The number of rotatable bonds is 3. The summed E-state index contributed by atoms with van der Waals surface area (Å²) in [5.74, 6) is 0.931. The minimum absolute atomic E-state index is 0.583. The monoisotopic (exact) mass is 137 g/mol. The van der Waals surface area contributed by atoms with Crippen molar-refractivity contribution in [2.24, 2.45) is 0 Å². The van der Waals surface area contributed by atoms with E-state index in [-0.39, 0.29) is 0 Å². The van der Waals surface area contributed by atoms with Gasteiger partial charge < -0.3 is 5.32 Å². The van der Waals surface area contributed by atoms with Gasteiger partial charge in [0, 0.05) is 6.04 Å². The van der Waals surface area contributed by atoms with Gasteiger partial charge in [-0.3, -0.25) is 0 Å². The van der Waals surface area contributed by atoms with Gasteiger partial charge in [-0.2, -0.15) is 0 Å². The maximum absolute atomic E-state index is 3.95. The molecule has 0 unspecified atom stereocenters. The number of hydrogen-bond donors (Lipinski definition) is 2. The second kappa shape index (κ2) is 4.81. The third-order valence-corrected chi connectivity index (χ3v) is 1.24. The molecule has 0 bridgehead atoms. The van der Waals surface area contributed by atoms with Crippen LogP contribution in [0.25, 0.3) is 0 Å². The first kappa shape index (κ1) is 7.66. The van der Waals surface area contributed by atoms with E-state index in [4.69, 9.17) is 0 Å². The zero-order chi connectivity index (χ0) is 5.70. The molecule has 0 radical (unpaired) electrons. The molecule has 0 heterocycles. The zero-order valence-electron chi connectivity index (χ0n) is 4.64. The topological polar surface area (TPSA) is 12.0 Å². The first-order valence-corrected chi connectivity index (χ1v) is 4.31. The van der Waals surface area contributed by atoms with Crippen molar-refractivity contribution in [1.29, 1.82) is 0 Å². The van der Waals surface area contributed by atoms with Crippen LogP contribution in [0.2, 0.25) is 0 Å². The molecule has 0 saturated carbocycles. The van der Waals surface area contributed by atoms with Crippen LogP contribution in [0.3, 0.4) is 0 Å². The van der Waals surface area contributed by atoms with Crippen LogP contribution >= 0.6 is 22.5 Å². The lowest BCUT2D eigenvalue weighted by Gasteiger charge is -2.02. The maximum atomic E-state index is 3.95. The van der Waals surface area contributed by atoms with Gasteiger partial charge in [0.2, 0.25) is 0 Å². The van der Waals surface area contributed by atoms with Gasteiger partial charge in [-0.25, -0.2) is 0 Å². The van der Waals surface area contributed by atoms with Crippen molar-refractivity contribution in [2.45, 2.75) is 19.9 Å². The van der Waals surface area contributed by atoms with E-state index in [9.17, 15) is 0 Å². The average Bonchev–Trinajstić information content (AvgIpc) is 1.61. The van der Waals surface area contributed by atoms with E-state index in [1.54, 1.807) is 0 Å². The van der Waals surface area contributed by atoms with Crippen molar-refractivity contribution in [3.8, 4) is 0 Å². The molecule has 0 rings (SSSR count). The lowest BCUT2D eigenvalue weighted by Crippen LogP contribution is -2.20. The fourth-order valence-electron chi connectivity index (χ4n) is 0.204. The summed E-state index contributed by atoms with van der Waals surface area (Å²) in [7, 11) is 1.51. The molecule has 3 heteroatoms. The van der Waals surface area contributed by atoms with Gasteiger partial charge >= 0.3 is 0 Å². The Hall–Kier alpha value is 0.660. The van der Waals surface area contributed by atoms with E-state index in [0.717, 1.165) is 5.88 Å². The Bertz CT molecular complexity index is 38.7. The van der Waals surface area contributed by atoms with Gasteiger partial charge in [-0.05, 0) is 0 Å². The highest BCUT2D eigenvalue weighted by atomic mass is 33.1. The molecule has 0 saturated heterocycles. The third kappa shape index (κ3) is 6.66. The summed E-state index contributed by atoms with van der Waals surface area (Å²) in [5, 5.41) is 3.18. The fourth-order valence-corrected chi connectivity index (χ4v) is 0.835. The van der Waals surface area contributed by atoms with Crippen LogP contribution < -0.4 is 5.32 Å². The van der Waals surface area contributed by atoms with Crippen molar-refractivity contribution >= 4 is 22.5 Å². The molecule has 1 nitrogen and oxygen atoms in total. The second-order valence-corrected chi connectivity index (χ2v) is 2.95. The molecule has 0 aromatic heterocycles. The highest BCUT2D eigenvalue weighted by Gasteiger charge is 1.86. The van der Waals surface area contributed by atoms with Crippen LogP contribution in [0.4, 0.5) is 0 Å². The average molecular weight is 137 g/mol. The molecular weight excluding hydrogens is 126 g/mol. The highest BCUT2D eigenvalue weighted by molar-refractivity contribution is 8.68. The largest absolute Gasteiger partial charge is 0.305 e. The predicted octanol–water partition coefficient (Wildman–Crippen LogP) is 1.52. The number of thiol groups is 1. The Morgan fingerprint density at radius 3 is 2.43 bits per heavy atom. The molecule has 0 spiro atoms. The molecule has 0 aliphatic rings. The Kier molecular flexibility index (Phi) is 5.26. The standard InChI is InChI=1S/C4H11NS2/c1-4(2)5-3-7-6/h4-6H,3H2,1-2H3. The first-order chi connectivity index (χ1) is 3.27. The third-order valence-electron chi connectivity index (χ3n) is 0.556. The number of hydrogen-bond acceptors (Lipinski definition) is 3. The molecule has 0 amide bonds. The molecule has 0 aliphatic carbocycles. The van der Waals surface area contributed by atoms with Crippen molar-refractivity contribution in [1.82, 2.24) is 5.32 Å². The predicted molar refractivity (Wildman–Crippen MR) is 39.7 cm³/mol. The molecule has 0 aliphatic heterocycles. The molecular formula is C4H11NS2. The molecule has 1 N–H and O–H groups in total. The summed E-state index contributed by atoms with van der Waals surface area (Å²) in [4.78, 5) is 0. The van der Waals surface area contributed by atoms with Gasteiger partial charge in [0.15, 0.2) is 0 Å². The Morgan fingerprint density at radius 2 is 2.29 bits per heavy atom. The molecule has 0 atom stereocenters. The van der Waals surface area contributed by atoms with Crippen molar-refractivity contribution in [2.75, 3.05) is 5.88 Å². The van der Waals surface area contributed by atoms with Gasteiger partial charge in [0.05, 0.1) is 5.88 Å². The van der Waals surface area contributed by atoms with Gasteiger partial charge in [-0.15, -0.1) is 11.7 Å². The van der Waals surface area contributed by atoms with E-state index in [1.807, 2.05) is 0 Å². The van der Waals surface area contributed by atoms with Crippen LogP contribution in [0.5, 0.6) is 0 Å². The number of nitrogens with one attached hydrogen (secondary N) is 1. The lowest BCUT2D eigenvalue weighted by molar-refractivity contribution is 0.656. The second-order valence-electron chi connectivity index (χ2n) is 1.63. The normalized spacial score (nSPS) is 10.3. The van der Waals surface area contributed by atoms with Crippen molar-refractivity contribution in [3.05, 3.63) is 0 Å². The van der Waals surface area contributed by atoms with Crippen molar-refractivity contribution in [3.63, 3.8) is 0 Å². The van der Waals surface area contributed by atoms with Crippen LogP contribution in [0.1, 0.15) is 13.8 Å². The molecule has 0 fully saturated rings. The van der Waals surface area contributed by atoms with E-state index < -0.39 is 0 Å². The van der Waals surface area contributed by atoms with Crippen LogP contribution in [-0.2, 0) is 0 Å². The maximum Gasteiger partial charge on any atom is 0.0522 e. The summed E-state index contributed by atoms with van der Waals surface area (Å²) in [5.41, 5.74) is 0. The summed E-state index contributed by atoms with van der Waals surface area (Å²) >= 11 is 3.95. The Balaban J connectivity index is 2.68. The van der Waals surface area contributed by atoms with E-state index in [2.05, 4.69) is 30.8 Å². The van der Waals surface area contributed by atoms with E-state index in [1.165, 1.54) is 10.8 Å². The van der Waals surface area contributed by atoms with E-state index in [0.29, 0.717) is 6.04 Å². The van der Waals surface area contributed by atoms with Crippen LogP contribution in [0, 0.1) is 0 Å². The van der Waals surface area contributed by atoms with Crippen molar-refractivity contribution < 1.29 is 0 Å². The molecule has 44 valence electrons. The smallest absolute Gasteiger partial charge is 0.0522 e. The first-order valence-electron chi connectivity index (χ1n) is 2.27. The molecule has 0 aromatic rings. The summed E-state index contributed by atoms with van der Waals surface area (Å²) in [6.07, 6.45) is 0. The van der Waals surface area contributed by atoms with Gasteiger partial charge in [0.1, 0.15) is 0 Å². The molecule has 0 aromatic carbocycles. The SMILES string of the molecule is CC(C)NCSS. The minimum atomic E-state index is 0.583. The van der Waals surface area contributed by atoms with Gasteiger partial charge in [0.25, 0.3) is 0 Å². The summed E-state index contributed by atoms with van der Waals surface area (Å²) < 4.78 is 0. The fraction of sp³-hybridized carbons (Fsp3) is 1.00. The van der Waals surface area contributed by atoms with Crippen LogP contribution in [0.15, 0.2) is 0 Å². The summed E-state index contributed by atoms with van der Waals surface area (Å²) in [6.45, 7) is 4.23. The highest BCUT2D eigenvalue weighted by Crippen LogP contribution is 2.00. The Morgan fingerprint density at radius 1 is 1.71 bits per heavy atom. The molecule has 7 heavy (non-hydrogen) atoms. The minimum Gasteiger partial charge on any atom is -0.305 e. The van der Waals surface area contributed by atoms with Crippen LogP contribution in [-0.4, -0.2) is 11.9 Å². The quantitative estimate of drug-likeness (QED) is 0.347. The summed E-state index contributed by atoms with van der Waals surface area (Å²) in [6, 6.07) is 0.583.